The summed E-state index contributed by atoms with van der Waals surface area (Å²) in [6.07, 6.45) is 12.5. The number of rotatable bonds is 19. The maximum atomic E-state index is 13.2. The molecule has 0 aliphatic heterocycles. The Morgan fingerprint density at radius 3 is 1.97 bits per heavy atom. The zero-order chi connectivity index (χ0) is 24.0. The van der Waals surface area contributed by atoms with Gasteiger partial charge in [-0.05, 0) is 53.4 Å². The van der Waals surface area contributed by atoms with E-state index >= 15 is 0 Å². The standard InChI is InChI=1S/C26H50BrNO3/c1-8-10-12-13-14-17-26(7,16-11-9-2)22(29)15-18-25(5,6)31-20-19-24(3,4)28-23(30)21-27/h8-21H2,1-7H3,(H,28,30). The van der Waals surface area contributed by atoms with Crippen LogP contribution in [0.5, 0.6) is 0 Å². The lowest BCUT2D eigenvalue weighted by atomic mass is 9.74. The highest BCUT2D eigenvalue weighted by molar-refractivity contribution is 9.09. The van der Waals surface area contributed by atoms with Crippen LogP contribution in [0.25, 0.3) is 0 Å². The van der Waals surface area contributed by atoms with E-state index in [-0.39, 0.29) is 22.5 Å². The lowest BCUT2D eigenvalue weighted by Crippen LogP contribution is -2.45. The van der Waals surface area contributed by atoms with Gasteiger partial charge in [-0.3, -0.25) is 9.59 Å². The molecule has 0 heterocycles. The van der Waals surface area contributed by atoms with Crippen LogP contribution in [0.1, 0.15) is 126 Å². The molecular weight excluding hydrogens is 454 g/mol. The van der Waals surface area contributed by atoms with Crippen LogP contribution in [0.3, 0.4) is 0 Å². The minimum atomic E-state index is -0.349. The maximum Gasteiger partial charge on any atom is 0.231 e. The van der Waals surface area contributed by atoms with Gasteiger partial charge in [-0.1, -0.05) is 81.6 Å². The van der Waals surface area contributed by atoms with Gasteiger partial charge in [-0.25, -0.2) is 0 Å². The van der Waals surface area contributed by atoms with E-state index in [0.29, 0.717) is 24.1 Å². The summed E-state index contributed by atoms with van der Waals surface area (Å²) in [5.41, 5.74) is -0.856. The predicted octanol–water partition coefficient (Wildman–Crippen LogP) is 7.37. The van der Waals surface area contributed by atoms with Gasteiger partial charge in [0.15, 0.2) is 0 Å². The number of alkyl halides is 1. The van der Waals surface area contributed by atoms with E-state index in [1.165, 1.54) is 25.7 Å². The molecule has 0 aromatic heterocycles. The van der Waals surface area contributed by atoms with Gasteiger partial charge in [-0.15, -0.1) is 0 Å². The number of amides is 1. The molecule has 5 heteroatoms. The minimum Gasteiger partial charge on any atom is -0.375 e. The third kappa shape index (κ3) is 14.4. The Bertz CT molecular complexity index is 519. The molecular formula is C26H50BrNO3. The number of halogens is 1. The number of nitrogens with one attached hydrogen (secondary N) is 1. The smallest absolute Gasteiger partial charge is 0.231 e. The summed E-state index contributed by atoms with van der Waals surface area (Å²) in [7, 11) is 0. The Labute approximate surface area is 201 Å². The fourth-order valence-electron chi connectivity index (χ4n) is 3.93. The molecule has 0 saturated carbocycles. The molecule has 1 unspecified atom stereocenters. The SMILES string of the molecule is CCCCCCCC(C)(CCCC)C(=O)CCC(C)(C)OCCC(C)(C)NC(=O)CBr. The molecule has 1 atom stereocenters. The van der Waals surface area contributed by atoms with Crippen molar-refractivity contribution in [1.82, 2.24) is 5.32 Å². The minimum absolute atomic E-state index is 0.0177. The molecule has 4 nitrogen and oxygen atoms in total. The van der Waals surface area contributed by atoms with Gasteiger partial charge in [0.1, 0.15) is 5.78 Å². The maximum absolute atomic E-state index is 13.2. The van der Waals surface area contributed by atoms with E-state index in [2.05, 4.69) is 55.9 Å². The summed E-state index contributed by atoms with van der Waals surface area (Å²) in [6, 6.07) is 0. The van der Waals surface area contributed by atoms with E-state index < -0.39 is 0 Å². The van der Waals surface area contributed by atoms with Gasteiger partial charge >= 0.3 is 0 Å². The van der Waals surface area contributed by atoms with Crippen LogP contribution in [-0.2, 0) is 14.3 Å². The second kappa shape index (κ2) is 15.4. The highest BCUT2D eigenvalue weighted by Gasteiger charge is 2.33. The Balaban J connectivity index is 4.62. The molecule has 0 fully saturated rings. The Kier molecular flexibility index (Phi) is 15.2. The van der Waals surface area contributed by atoms with E-state index in [0.717, 1.165) is 44.9 Å². The Morgan fingerprint density at radius 2 is 1.39 bits per heavy atom. The largest absolute Gasteiger partial charge is 0.375 e. The third-order valence-electron chi connectivity index (χ3n) is 6.36. The summed E-state index contributed by atoms with van der Waals surface area (Å²) in [5.74, 6) is 0.383. The number of Topliss-reactive ketones (excluding diaryl/α,β-unsaturated/α-hetero) is 1. The second-order valence-corrected chi connectivity index (χ2v) is 11.2. The predicted molar refractivity (Wildman–Crippen MR) is 136 cm³/mol. The molecule has 1 N–H and O–H groups in total. The Hall–Kier alpha value is -0.420. The zero-order valence-electron chi connectivity index (χ0n) is 21.5. The first-order valence-corrected chi connectivity index (χ1v) is 13.6. The molecule has 0 bridgehead atoms. The lowest BCUT2D eigenvalue weighted by Gasteiger charge is -2.32. The van der Waals surface area contributed by atoms with E-state index in [4.69, 9.17) is 4.74 Å². The molecule has 0 aliphatic carbocycles. The molecule has 31 heavy (non-hydrogen) atoms. The van der Waals surface area contributed by atoms with Gasteiger partial charge in [0.2, 0.25) is 5.91 Å². The van der Waals surface area contributed by atoms with Crippen molar-refractivity contribution in [2.24, 2.45) is 5.41 Å². The average Bonchev–Trinajstić information content (AvgIpc) is 2.69. The van der Waals surface area contributed by atoms with Crippen molar-refractivity contribution in [3.05, 3.63) is 0 Å². The molecule has 184 valence electrons. The quantitative estimate of drug-likeness (QED) is 0.148. The Morgan fingerprint density at radius 1 is 0.806 bits per heavy atom. The van der Waals surface area contributed by atoms with Crippen molar-refractivity contribution >= 4 is 27.6 Å². The van der Waals surface area contributed by atoms with Crippen LogP contribution in [0.15, 0.2) is 0 Å². The normalized spacial score (nSPS) is 14.3. The highest BCUT2D eigenvalue weighted by atomic mass is 79.9. The summed E-state index contributed by atoms with van der Waals surface area (Å²) in [4.78, 5) is 24.8. The van der Waals surface area contributed by atoms with E-state index in [1.807, 2.05) is 13.8 Å². The number of hydrogen-bond donors (Lipinski definition) is 1. The number of ether oxygens (including phenoxy) is 1. The summed E-state index contributed by atoms with van der Waals surface area (Å²) in [5, 5.41) is 3.30. The van der Waals surface area contributed by atoms with Crippen molar-refractivity contribution in [2.45, 2.75) is 137 Å². The molecule has 0 radical (unpaired) electrons. The van der Waals surface area contributed by atoms with Gasteiger partial charge in [-0.2, -0.15) is 0 Å². The highest BCUT2D eigenvalue weighted by Crippen LogP contribution is 2.35. The van der Waals surface area contributed by atoms with Gasteiger partial charge in [0, 0.05) is 24.0 Å². The van der Waals surface area contributed by atoms with E-state index in [1.54, 1.807) is 0 Å². The first-order chi connectivity index (χ1) is 14.4. The fraction of sp³-hybridized carbons (Fsp3) is 0.923. The number of ketones is 1. The van der Waals surface area contributed by atoms with Crippen molar-refractivity contribution in [2.75, 3.05) is 11.9 Å². The van der Waals surface area contributed by atoms with Crippen LogP contribution in [0.4, 0.5) is 0 Å². The van der Waals surface area contributed by atoms with Gasteiger partial charge in [0.05, 0.1) is 10.9 Å². The van der Waals surface area contributed by atoms with Crippen LogP contribution >= 0.6 is 15.9 Å². The molecule has 0 rings (SSSR count). The number of carbonyl (C=O) groups excluding carboxylic acids is 2. The van der Waals surface area contributed by atoms with Crippen molar-refractivity contribution in [3.8, 4) is 0 Å². The van der Waals surface area contributed by atoms with Crippen molar-refractivity contribution < 1.29 is 14.3 Å². The van der Waals surface area contributed by atoms with Gasteiger partial charge < -0.3 is 10.1 Å². The molecule has 1 amide bonds. The van der Waals surface area contributed by atoms with Crippen LogP contribution in [-0.4, -0.2) is 34.8 Å². The number of carbonyl (C=O) groups is 2. The van der Waals surface area contributed by atoms with Gasteiger partial charge in [0.25, 0.3) is 0 Å². The second-order valence-electron chi connectivity index (χ2n) is 10.7. The van der Waals surface area contributed by atoms with E-state index in [9.17, 15) is 9.59 Å². The molecule has 0 spiro atoms. The third-order valence-corrected chi connectivity index (χ3v) is 6.87. The first kappa shape index (κ1) is 30.6. The average molecular weight is 505 g/mol. The zero-order valence-corrected chi connectivity index (χ0v) is 23.1. The van der Waals surface area contributed by atoms with Crippen LogP contribution in [0.2, 0.25) is 0 Å². The number of hydrogen-bond acceptors (Lipinski definition) is 3. The fourth-order valence-corrected chi connectivity index (χ4v) is 4.07. The topological polar surface area (TPSA) is 55.4 Å². The molecule has 0 aliphatic rings. The van der Waals surface area contributed by atoms with Crippen LogP contribution < -0.4 is 5.32 Å². The molecule has 0 aromatic carbocycles. The monoisotopic (exact) mass is 503 g/mol. The molecule has 0 aromatic rings. The number of unbranched alkanes of at least 4 members (excludes halogenated alkanes) is 5. The lowest BCUT2D eigenvalue weighted by molar-refractivity contribution is -0.131. The van der Waals surface area contributed by atoms with Crippen molar-refractivity contribution in [3.63, 3.8) is 0 Å². The van der Waals surface area contributed by atoms with Crippen LogP contribution in [0, 0.1) is 5.41 Å². The molecule has 0 saturated heterocycles. The summed E-state index contributed by atoms with van der Waals surface area (Å²) < 4.78 is 6.13. The first-order valence-electron chi connectivity index (χ1n) is 12.5. The van der Waals surface area contributed by atoms with Crippen molar-refractivity contribution in [1.29, 1.82) is 0 Å². The summed E-state index contributed by atoms with van der Waals surface area (Å²) in [6.45, 7) is 15.3. The summed E-state index contributed by atoms with van der Waals surface area (Å²) >= 11 is 3.18.